The Balaban J connectivity index is 1.88. The molecule has 0 saturated heterocycles. The van der Waals surface area contributed by atoms with Crippen LogP contribution >= 0.6 is 0 Å². The van der Waals surface area contributed by atoms with Gasteiger partial charge in [0.15, 0.2) is 11.9 Å². The summed E-state index contributed by atoms with van der Waals surface area (Å²) in [6.45, 7) is 1.47. The fraction of sp³-hybridized carbons (Fsp3) is 0.0952. The van der Waals surface area contributed by atoms with E-state index in [2.05, 4.69) is 15.6 Å². The first-order chi connectivity index (χ1) is 14.4. The van der Waals surface area contributed by atoms with Crippen LogP contribution in [0.5, 0.6) is 5.75 Å². The van der Waals surface area contributed by atoms with Crippen LogP contribution in [0.4, 0.5) is 11.4 Å². The lowest BCUT2D eigenvalue weighted by molar-refractivity contribution is -0.385. The third-order valence-corrected chi connectivity index (χ3v) is 4.71. The number of Topliss-reactive ketones (excluding diaryl/α,β-unsaturated/α-hetero) is 1. The van der Waals surface area contributed by atoms with E-state index in [-0.39, 0.29) is 22.8 Å². The van der Waals surface area contributed by atoms with Crippen molar-refractivity contribution in [3.05, 3.63) is 88.0 Å². The number of phenols is 1. The summed E-state index contributed by atoms with van der Waals surface area (Å²) in [5, 5.41) is 33.4. The molecular weight excluding hydrogens is 386 g/mol. The van der Waals surface area contributed by atoms with E-state index in [1.165, 1.54) is 29.8 Å². The summed E-state index contributed by atoms with van der Waals surface area (Å²) in [5.74, 6) is -0.236. The molecule has 150 valence electrons. The average Bonchev–Trinajstić information content (AvgIpc) is 3.16. The van der Waals surface area contributed by atoms with Gasteiger partial charge in [0.05, 0.1) is 10.4 Å². The normalized spacial score (nSPS) is 11.9. The highest BCUT2D eigenvalue weighted by Gasteiger charge is 2.24. The van der Waals surface area contributed by atoms with Crippen molar-refractivity contribution >= 4 is 28.2 Å². The van der Waals surface area contributed by atoms with E-state index in [1.807, 2.05) is 18.2 Å². The SMILES string of the molecule is CC(=O)c1cccc(N[C@@H](c2cc([N+](=O)[O-])ccc2O)n2nnc3ccccc32)c1. The number of anilines is 1. The number of non-ortho nitro benzene ring substituents is 1. The minimum Gasteiger partial charge on any atom is -0.508 e. The third-order valence-electron chi connectivity index (χ3n) is 4.71. The topological polar surface area (TPSA) is 123 Å². The van der Waals surface area contributed by atoms with Gasteiger partial charge in [-0.1, -0.05) is 29.5 Å². The fourth-order valence-corrected chi connectivity index (χ4v) is 3.21. The molecule has 30 heavy (non-hydrogen) atoms. The molecular formula is C21H17N5O4. The van der Waals surface area contributed by atoms with Crippen molar-refractivity contribution in [1.29, 1.82) is 0 Å². The van der Waals surface area contributed by atoms with E-state index in [9.17, 15) is 20.0 Å². The summed E-state index contributed by atoms with van der Waals surface area (Å²) in [6, 6.07) is 17.9. The lowest BCUT2D eigenvalue weighted by Crippen LogP contribution is -2.21. The van der Waals surface area contributed by atoms with Crippen molar-refractivity contribution in [2.75, 3.05) is 5.32 Å². The number of nitro benzene ring substituents is 1. The first-order valence-electron chi connectivity index (χ1n) is 9.09. The summed E-state index contributed by atoms with van der Waals surface area (Å²) >= 11 is 0. The Kier molecular flexibility index (Phi) is 4.85. The lowest BCUT2D eigenvalue weighted by atomic mass is 10.1. The quantitative estimate of drug-likeness (QED) is 0.284. The predicted molar refractivity (Wildman–Crippen MR) is 110 cm³/mol. The van der Waals surface area contributed by atoms with Gasteiger partial charge in [0.25, 0.3) is 5.69 Å². The van der Waals surface area contributed by atoms with Gasteiger partial charge in [-0.2, -0.15) is 0 Å². The van der Waals surface area contributed by atoms with Gasteiger partial charge in [-0.05, 0) is 37.3 Å². The van der Waals surface area contributed by atoms with Gasteiger partial charge in [0, 0.05) is 28.9 Å². The van der Waals surface area contributed by atoms with E-state index in [4.69, 9.17) is 0 Å². The van der Waals surface area contributed by atoms with E-state index < -0.39 is 11.1 Å². The Morgan fingerprint density at radius 1 is 1.13 bits per heavy atom. The van der Waals surface area contributed by atoms with Crippen LogP contribution in [-0.4, -0.2) is 30.8 Å². The molecule has 0 amide bonds. The van der Waals surface area contributed by atoms with E-state index in [0.717, 1.165) is 0 Å². The van der Waals surface area contributed by atoms with Crippen LogP contribution in [0.15, 0.2) is 66.7 Å². The number of nitro groups is 1. The van der Waals surface area contributed by atoms with Crippen molar-refractivity contribution in [2.45, 2.75) is 13.1 Å². The molecule has 4 aromatic rings. The Morgan fingerprint density at radius 2 is 1.93 bits per heavy atom. The molecule has 0 spiro atoms. The largest absolute Gasteiger partial charge is 0.508 e. The second kappa shape index (κ2) is 7.63. The summed E-state index contributed by atoms with van der Waals surface area (Å²) in [6.07, 6.45) is -0.820. The van der Waals surface area contributed by atoms with Gasteiger partial charge in [0.2, 0.25) is 0 Å². The van der Waals surface area contributed by atoms with E-state index in [1.54, 1.807) is 30.3 Å². The van der Waals surface area contributed by atoms with Crippen LogP contribution in [0.25, 0.3) is 11.0 Å². The Morgan fingerprint density at radius 3 is 2.70 bits per heavy atom. The number of hydrogen-bond acceptors (Lipinski definition) is 7. The number of ketones is 1. The van der Waals surface area contributed by atoms with Gasteiger partial charge < -0.3 is 10.4 Å². The number of carbonyl (C=O) groups excluding carboxylic acids is 1. The zero-order valence-electron chi connectivity index (χ0n) is 15.9. The molecule has 0 aliphatic carbocycles. The van der Waals surface area contributed by atoms with Gasteiger partial charge in [0.1, 0.15) is 11.3 Å². The number of aromatic hydroxyl groups is 1. The number of hydrogen-bond donors (Lipinski definition) is 2. The number of nitrogens with one attached hydrogen (secondary N) is 1. The zero-order chi connectivity index (χ0) is 21.3. The van der Waals surface area contributed by atoms with Crippen molar-refractivity contribution in [1.82, 2.24) is 15.0 Å². The van der Waals surface area contributed by atoms with Gasteiger partial charge in [-0.3, -0.25) is 14.9 Å². The van der Waals surface area contributed by atoms with E-state index in [0.29, 0.717) is 22.3 Å². The van der Waals surface area contributed by atoms with Crippen molar-refractivity contribution in [2.24, 2.45) is 0 Å². The zero-order valence-corrected chi connectivity index (χ0v) is 15.9. The van der Waals surface area contributed by atoms with Crippen molar-refractivity contribution in [3.8, 4) is 5.75 Å². The first-order valence-corrected chi connectivity index (χ1v) is 9.09. The Labute approximate surface area is 170 Å². The second-order valence-electron chi connectivity index (χ2n) is 6.71. The molecule has 9 heteroatoms. The standard InChI is InChI=1S/C21H17N5O4/c1-13(27)14-5-4-6-15(11-14)22-21(17-12-16(26(29)30)9-10-20(17)28)25-19-8-3-2-7-18(19)23-24-25/h2-12,21-22,28H,1H3/t21-/m1/s1. The first kappa shape index (κ1) is 19.1. The third kappa shape index (κ3) is 3.55. The van der Waals surface area contributed by atoms with Gasteiger partial charge in [-0.25, -0.2) is 4.68 Å². The second-order valence-corrected chi connectivity index (χ2v) is 6.71. The molecule has 0 radical (unpaired) electrons. The van der Waals surface area contributed by atoms with Gasteiger partial charge >= 0.3 is 0 Å². The summed E-state index contributed by atoms with van der Waals surface area (Å²) in [4.78, 5) is 22.5. The molecule has 4 rings (SSSR count). The number of carbonyl (C=O) groups is 1. The van der Waals surface area contributed by atoms with Crippen LogP contribution in [-0.2, 0) is 0 Å². The number of para-hydroxylation sites is 1. The summed E-state index contributed by atoms with van der Waals surface area (Å²) in [5.41, 5.74) is 2.46. The predicted octanol–water partition coefficient (Wildman–Crippen LogP) is 3.91. The minimum absolute atomic E-state index is 0.0976. The molecule has 1 heterocycles. The van der Waals surface area contributed by atoms with Crippen molar-refractivity contribution < 1.29 is 14.8 Å². The van der Waals surface area contributed by atoms with Crippen LogP contribution in [0.2, 0.25) is 0 Å². The maximum atomic E-state index is 11.8. The molecule has 9 nitrogen and oxygen atoms in total. The summed E-state index contributed by atoms with van der Waals surface area (Å²) < 4.78 is 1.54. The molecule has 3 aromatic carbocycles. The number of nitrogens with zero attached hydrogens (tertiary/aromatic N) is 4. The number of benzene rings is 3. The van der Waals surface area contributed by atoms with Crippen LogP contribution in [0.1, 0.15) is 29.0 Å². The van der Waals surface area contributed by atoms with Crippen LogP contribution < -0.4 is 5.32 Å². The number of aromatic nitrogens is 3. The molecule has 1 aromatic heterocycles. The molecule has 0 saturated carbocycles. The smallest absolute Gasteiger partial charge is 0.270 e. The van der Waals surface area contributed by atoms with Crippen LogP contribution in [0.3, 0.4) is 0 Å². The highest BCUT2D eigenvalue weighted by molar-refractivity contribution is 5.95. The van der Waals surface area contributed by atoms with Crippen LogP contribution in [0, 0.1) is 10.1 Å². The molecule has 0 unspecified atom stereocenters. The molecule has 0 fully saturated rings. The molecule has 0 bridgehead atoms. The Bertz CT molecular complexity index is 1270. The molecule has 0 aliphatic rings. The Hall–Kier alpha value is -4.27. The average molecular weight is 403 g/mol. The van der Waals surface area contributed by atoms with E-state index >= 15 is 0 Å². The fourth-order valence-electron chi connectivity index (χ4n) is 3.21. The number of phenolic OH excluding ortho intramolecular Hbond substituents is 1. The maximum Gasteiger partial charge on any atom is 0.270 e. The van der Waals surface area contributed by atoms with Gasteiger partial charge in [-0.15, -0.1) is 5.10 Å². The molecule has 0 aliphatic heterocycles. The maximum absolute atomic E-state index is 11.8. The number of rotatable bonds is 6. The highest BCUT2D eigenvalue weighted by Crippen LogP contribution is 2.33. The molecule has 1 atom stereocenters. The highest BCUT2D eigenvalue weighted by atomic mass is 16.6. The summed E-state index contributed by atoms with van der Waals surface area (Å²) in [7, 11) is 0. The monoisotopic (exact) mass is 403 g/mol. The lowest BCUT2D eigenvalue weighted by Gasteiger charge is -2.22. The van der Waals surface area contributed by atoms with Crippen molar-refractivity contribution in [3.63, 3.8) is 0 Å². The number of fused-ring (bicyclic) bond motifs is 1. The molecule has 2 N–H and O–H groups in total. The minimum atomic E-state index is -0.820.